The zero-order valence-electron chi connectivity index (χ0n) is 12.8. The van der Waals surface area contributed by atoms with Gasteiger partial charge in [0.05, 0.1) is 24.5 Å². The van der Waals surface area contributed by atoms with Crippen LogP contribution in [-0.2, 0) is 4.79 Å². The number of methoxy groups -OCH3 is 1. The van der Waals surface area contributed by atoms with Gasteiger partial charge in [0.1, 0.15) is 5.75 Å². The van der Waals surface area contributed by atoms with Gasteiger partial charge in [0.25, 0.3) is 0 Å². The monoisotopic (exact) mass is 279 g/mol. The van der Waals surface area contributed by atoms with Crippen molar-refractivity contribution < 1.29 is 9.53 Å². The normalized spacial score (nSPS) is 12.2. The van der Waals surface area contributed by atoms with Gasteiger partial charge < -0.3 is 15.8 Å². The first-order valence-electron chi connectivity index (χ1n) is 6.94. The number of benzene rings is 1. The molecule has 0 aliphatic rings. The molecule has 1 aromatic carbocycles. The van der Waals surface area contributed by atoms with Crippen molar-refractivity contribution in [3.8, 4) is 5.75 Å². The van der Waals surface area contributed by atoms with Gasteiger partial charge in [0.15, 0.2) is 0 Å². The van der Waals surface area contributed by atoms with Crippen molar-refractivity contribution in [1.29, 1.82) is 0 Å². The van der Waals surface area contributed by atoms with E-state index in [4.69, 9.17) is 10.5 Å². The third kappa shape index (κ3) is 4.42. The highest BCUT2D eigenvalue weighted by atomic mass is 16.5. The maximum absolute atomic E-state index is 12.2. The van der Waals surface area contributed by atoms with Crippen LogP contribution in [0.3, 0.4) is 0 Å². The predicted octanol–water partition coefficient (Wildman–Crippen LogP) is 2.34. The standard InChI is InChI=1S/C15H25N3O2/c1-5-6-9-18(3)11(2)15(19)17-14-8-7-12(20-4)10-13(14)16/h7-8,10-11H,5-6,9,16H2,1-4H3,(H,17,19). The number of carbonyl (C=O) groups excluding carboxylic acids is 1. The van der Waals surface area contributed by atoms with Gasteiger partial charge in [-0.1, -0.05) is 13.3 Å². The van der Waals surface area contributed by atoms with E-state index in [1.165, 1.54) is 0 Å². The molecule has 0 radical (unpaired) electrons. The third-order valence-electron chi connectivity index (χ3n) is 3.42. The van der Waals surface area contributed by atoms with Gasteiger partial charge in [-0.3, -0.25) is 9.69 Å². The maximum Gasteiger partial charge on any atom is 0.241 e. The molecule has 0 bridgehead atoms. The number of unbranched alkanes of at least 4 members (excludes halogenated alkanes) is 1. The van der Waals surface area contributed by atoms with Crippen LogP contribution in [0.2, 0.25) is 0 Å². The Labute approximate surface area is 121 Å². The van der Waals surface area contributed by atoms with Crippen LogP contribution in [0.5, 0.6) is 5.75 Å². The van der Waals surface area contributed by atoms with Crippen molar-refractivity contribution in [3.05, 3.63) is 18.2 Å². The fraction of sp³-hybridized carbons (Fsp3) is 0.533. The molecule has 1 aromatic rings. The molecule has 1 amide bonds. The lowest BCUT2D eigenvalue weighted by molar-refractivity contribution is -0.120. The zero-order valence-corrected chi connectivity index (χ0v) is 12.8. The lowest BCUT2D eigenvalue weighted by Gasteiger charge is -2.24. The molecule has 5 nitrogen and oxygen atoms in total. The number of anilines is 2. The largest absolute Gasteiger partial charge is 0.497 e. The molecule has 0 aromatic heterocycles. The van der Waals surface area contributed by atoms with Gasteiger partial charge in [-0.15, -0.1) is 0 Å². The Hall–Kier alpha value is -1.75. The number of nitrogens with one attached hydrogen (secondary N) is 1. The van der Waals surface area contributed by atoms with Crippen LogP contribution >= 0.6 is 0 Å². The second kappa shape index (κ2) is 7.75. The van der Waals surface area contributed by atoms with Crippen LogP contribution in [0.4, 0.5) is 11.4 Å². The summed E-state index contributed by atoms with van der Waals surface area (Å²) in [4.78, 5) is 14.2. The second-order valence-electron chi connectivity index (χ2n) is 4.95. The van der Waals surface area contributed by atoms with E-state index in [0.717, 1.165) is 19.4 Å². The number of hydrogen-bond donors (Lipinski definition) is 2. The van der Waals surface area contributed by atoms with Gasteiger partial charge in [0.2, 0.25) is 5.91 Å². The van der Waals surface area contributed by atoms with Crippen molar-refractivity contribution in [2.45, 2.75) is 32.7 Å². The van der Waals surface area contributed by atoms with E-state index in [0.29, 0.717) is 17.1 Å². The van der Waals surface area contributed by atoms with E-state index in [2.05, 4.69) is 12.2 Å². The molecule has 0 saturated carbocycles. The molecular formula is C15H25N3O2. The molecule has 0 aliphatic heterocycles. The highest BCUT2D eigenvalue weighted by Gasteiger charge is 2.18. The number of hydrogen-bond acceptors (Lipinski definition) is 4. The summed E-state index contributed by atoms with van der Waals surface area (Å²) in [6.07, 6.45) is 2.20. The Morgan fingerprint density at radius 2 is 2.20 bits per heavy atom. The molecule has 1 rings (SSSR count). The van der Waals surface area contributed by atoms with Crippen molar-refractivity contribution in [1.82, 2.24) is 4.90 Å². The first-order chi connectivity index (χ1) is 9.49. The molecule has 0 fully saturated rings. The SMILES string of the molecule is CCCCN(C)C(C)C(=O)Nc1ccc(OC)cc1N. The summed E-state index contributed by atoms with van der Waals surface area (Å²) >= 11 is 0. The number of nitrogens with zero attached hydrogens (tertiary/aromatic N) is 1. The molecule has 0 spiro atoms. The molecule has 3 N–H and O–H groups in total. The average Bonchev–Trinajstić information content (AvgIpc) is 2.45. The number of amides is 1. The number of rotatable bonds is 7. The van der Waals surface area contributed by atoms with Crippen molar-refractivity contribution in [2.24, 2.45) is 0 Å². The Morgan fingerprint density at radius 3 is 2.75 bits per heavy atom. The maximum atomic E-state index is 12.2. The summed E-state index contributed by atoms with van der Waals surface area (Å²) in [5.41, 5.74) is 7.01. The average molecular weight is 279 g/mol. The van der Waals surface area contributed by atoms with E-state index < -0.39 is 0 Å². The molecule has 0 aliphatic carbocycles. The summed E-state index contributed by atoms with van der Waals surface area (Å²) < 4.78 is 5.08. The highest BCUT2D eigenvalue weighted by molar-refractivity contribution is 5.97. The van der Waals surface area contributed by atoms with Crippen LogP contribution in [0.15, 0.2) is 18.2 Å². The summed E-state index contributed by atoms with van der Waals surface area (Å²) in [5, 5.41) is 2.86. The van der Waals surface area contributed by atoms with Gasteiger partial charge in [-0.25, -0.2) is 0 Å². The van der Waals surface area contributed by atoms with E-state index in [-0.39, 0.29) is 11.9 Å². The second-order valence-corrected chi connectivity index (χ2v) is 4.95. The highest BCUT2D eigenvalue weighted by Crippen LogP contribution is 2.24. The first kappa shape index (κ1) is 16.3. The predicted molar refractivity (Wildman–Crippen MR) is 83.0 cm³/mol. The van der Waals surface area contributed by atoms with E-state index in [9.17, 15) is 4.79 Å². The minimum Gasteiger partial charge on any atom is -0.497 e. The van der Waals surface area contributed by atoms with Gasteiger partial charge in [-0.2, -0.15) is 0 Å². The molecule has 1 atom stereocenters. The van der Waals surface area contributed by atoms with E-state index >= 15 is 0 Å². The Morgan fingerprint density at radius 1 is 1.50 bits per heavy atom. The minimum absolute atomic E-state index is 0.0551. The quantitative estimate of drug-likeness (QED) is 0.752. The summed E-state index contributed by atoms with van der Waals surface area (Å²) in [6.45, 7) is 4.94. The number of ether oxygens (including phenoxy) is 1. The number of carbonyl (C=O) groups is 1. The number of nitrogen functional groups attached to an aromatic ring is 1. The van der Waals surface area contributed by atoms with Crippen LogP contribution in [-0.4, -0.2) is 37.6 Å². The van der Waals surface area contributed by atoms with E-state index in [1.807, 2.05) is 18.9 Å². The molecule has 20 heavy (non-hydrogen) atoms. The zero-order chi connectivity index (χ0) is 15.1. The molecule has 0 heterocycles. The molecule has 0 saturated heterocycles. The van der Waals surface area contributed by atoms with Crippen LogP contribution in [0, 0.1) is 0 Å². The molecule has 1 unspecified atom stereocenters. The van der Waals surface area contributed by atoms with Gasteiger partial charge in [-0.05, 0) is 39.1 Å². The topological polar surface area (TPSA) is 67.6 Å². The molecule has 112 valence electrons. The Balaban J connectivity index is 2.65. The lowest BCUT2D eigenvalue weighted by Crippen LogP contribution is -2.40. The van der Waals surface area contributed by atoms with Crippen molar-refractivity contribution in [3.63, 3.8) is 0 Å². The van der Waals surface area contributed by atoms with Crippen LogP contribution in [0.25, 0.3) is 0 Å². The summed E-state index contributed by atoms with van der Waals surface area (Å²) in [5.74, 6) is 0.620. The summed E-state index contributed by atoms with van der Waals surface area (Å²) in [6, 6.07) is 5.03. The fourth-order valence-corrected chi connectivity index (χ4v) is 1.82. The smallest absolute Gasteiger partial charge is 0.241 e. The van der Waals surface area contributed by atoms with Crippen LogP contribution in [0.1, 0.15) is 26.7 Å². The third-order valence-corrected chi connectivity index (χ3v) is 3.42. The fourth-order valence-electron chi connectivity index (χ4n) is 1.82. The van der Waals surface area contributed by atoms with Gasteiger partial charge >= 0.3 is 0 Å². The molecular weight excluding hydrogens is 254 g/mol. The van der Waals surface area contributed by atoms with Gasteiger partial charge in [0, 0.05) is 6.07 Å². The first-order valence-corrected chi connectivity index (χ1v) is 6.94. The molecule has 5 heteroatoms. The summed E-state index contributed by atoms with van der Waals surface area (Å²) in [7, 11) is 3.54. The lowest BCUT2D eigenvalue weighted by atomic mass is 10.2. The van der Waals surface area contributed by atoms with E-state index in [1.54, 1.807) is 25.3 Å². The minimum atomic E-state index is -0.192. The van der Waals surface area contributed by atoms with Crippen molar-refractivity contribution >= 4 is 17.3 Å². The van der Waals surface area contributed by atoms with Crippen molar-refractivity contribution in [2.75, 3.05) is 31.8 Å². The van der Waals surface area contributed by atoms with Crippen LogP contribution < -0.4 is 15.8 Å². The Kier molecular flexibility index (Phi) is 6.31. The number of likely N-dealkylation sites (N-methyl/N-ethyl adjacent to an activating group) is 1. The number of nitrogens with two attached hydrogens (primary N) is 1. The Bertz CT molecular complexity index is 449.